The Kier molecular flexibility index (Phi) is 3.69. The summed E-state index contributed by atoms with van der Waals surface area (Å²) in [6.07, 6.45) is 0.441. The number of benzene rings is 1. The van der Waals surface area contributed by atoms with Gasteiger partial charge in [0, 0.05) is 16.6 Å². The number of rotatable bonds is 3. The average Bonchev–Trinajstić information content (AvgIpc) is 2.13. The van der Waals surface area contributed by atoms with Crippen LogP contribution >= 0.6 is 11.6 Å². The molecule has 0 aliphatic rings. The predicted molar refractivity (Wildman–Crippen MR) is 53.7 cm³/mol. The van der Waals surface area contributed by atoms with Gasteiger partial charge in [0.05, 0.1) is 0 Å². The van der Waals surface area contributed by atoms with Gasteiger partial charge in [-0.15, -0.1) is 0 Å². The van der Waals surface area contributed by atoms with Gasteiger partial charge in [-0.3, -0.25) is 0 Å². The van der Waals surface area contributed by atoms with E-state index in [2.05, 4.69) is 0 Å². The number of aromatic hydroxyl groups is 1. The standard InChI is InChI=1S/C9H12ClFN2O/c10-5-1-2-6(11)9(14)8(5)7(13)3-4-12/h1-2,7,14H,3-4,12-13H2/t7-/m1/s1. The highest BCUT2D eigenvalue weighted by Crippen LogP contribution is 2.33. The molecule has 0 spiro atoms. The molecule has 1 atom stereocenters. The van der Waals surface area contributed by atoms with Crippen molar-refractivity contribution in [3.05, 3.63) is 28.5 Å². The van der Waals surface area contributed by atoms with E-state index in [1.54, 1.807) is 0 Å². The van der Waals surface area contributed by atoms with Gasteiger partial charge in [-0.1, -0.05) is 11.6 Å². The van der Waals surface area contributed by atoms with Crippen LogP contribution in [0.15, 0.2) is 12.1 Å². The van der Waals surface area contributed by atoms with Gasteiger partial charge in [0.1, 0.15) is 0 Å². The van der Waals surface area contributed by atoms with Gasteiger partial charge >= 0.3 is 0 Å². The Hall–Kier alpha value is -0.840. The molecule has 0 saturated carbocycles. The molecule has 5 heteroatoms. The van der Waals surface area contributed by atoms with E-state index >= 15 is 0 Å². The summed E-state index contributed by atoms with van der Waals surface area (Å²) in [5, 5.41) is 9.65. The second-order valence-corrected chi connectivity index (χ2v) is 3.38. The van der Waals surface area contributed by atoms with E-state index in [1.807, 2.05) is 0 Å². The van der Waals surface area contributed by atoms with Crippen molar-refractivity contribution < 1.29 is 9.50 Å². The lowest BCUT2D eigenvalue weighted by Gasteiger charge is -2.14. The summed E-state index contributed by atoms with van der Waals surface area (Å²) in [6, 6.07) is 1.92. The van der Waals surface area contributed by atoms with Gasteiger partial charge in [0.25, 0.3) is 0 Å². The molecule has 0 radical (unpaired) electrons. The molecule has 14 heavy (non-hydrogen) atoms. The highest BCUT2D eigenvalue weighted by atomic mass is 35.5. The van der Waals surface area contributed by atoms with Gasteiger partial charge in [-0.05, 0) is 25.1 Å². The fourth-order valence-corrected chi connectivity index (χ4v) is 1.53. The van der Waals surface area contributed by atoms with Gasteiger partial charge in [0.15, 0.2) is 11.6 Å². The normalized spacial score (nSPS) is 12.9. The number of nitrogens with two attached hydrogens (primary N) is 2. The molecular weight excluding hydrogens is 207 g/mol. The van der Waals surface area contributed by atoms with Crippen molar-refractivity contribution in [1.82, 2.24) is 0 Å². The Morgan fingerprint density at radius 2 is 2.14 bits per heavy atom. The summed E-state index contributed by atoms with van der Waals surface area (Å²) in [7, 11) is 0. The second-order valence-electron chi connectivity index (χ2n) is 2.98. The molecule has 5 N–H and O–H groups in total. The lowest BCUT2D eigenvalue weighted by atomic mass is 10.0. The molecule has 0 bridgehead atoms. The Morgan fingerprint density at radius 1 is 1.50 bits per heavy atom. The molecule has 0 aliphatic heterocycles. The molecule has 0 saturated heterocycles. The minimum atomic E-state index is -0.725. The molecule has 0 amide bonds. The van der Waals surface area contributed by atoms with E-state index in [0.717, 1.165) is 6.07 Å². The van der Waals surface area contributed by atoms with Crippen molar-refractivity contribution in [3.8, 4) is 5.75 Å². The fraction of sp³-hybridized carbons (Fsp3) is 0.333. The molecular formula is C9H12ClFN2O. The zero-order valence-electron chi connectivity index (χ0n) is 7.50. The largest absolute Gasteiger partial charge is 0.505 e. The molecule has 1 aromatic carbocycles. The molecule has 0 fully saturated rings. The Labute approximate surface area is 86.5 Å². The minimum absolute atomic E-state index is 0.220. The maximum atomic E-state index is 13.0. The molecule has 3 nitrogen and oxygen atoms in total. The maximum absolute atomic E-state index is 13.0. The summed E-state index contributed by atoms with van der Waals surface area (Å²) in [5.74, 6) is -1.21. The average molecular weight is 219 g/mol. The van der Waals surface area contributed by atoms with Crippen LogP contribution in [0.3, 0.4) is 0 Å². The zero-order valence-corrected chi connectivity index (χ0v) is 8.26. The van der Waals surface area contributed by atoms with E-state index in [9.17, 15) is 9.50 Å². The molecule has 0 aliphatic carbocycles. The van der Waals surface area contributed by atoms with Crippen molar-refractivity contribution in [2.24, 2.45) is 11.5 Å². The first-order valence-electron chi connectivity index (χ1n) is 4.20. The SMILES string of the molecule is NCC[C@@H](N)c1c(Cl)ccc(F)c1O. The number of phenols is 1. The number of halogens is 2. The van der Waals surface area contributed by atoms with Gasteiger partial charge in [0.2, 0.25) is 0 Å². The third kappa shape index (κ3) is 2.15. The van der Waals surface area contributed by atoms with Gasteiger partial charge in [-0.2, -0.15) is 0 Å². The van der Waals surface area contributed by atoms with Crippen LogP contribution in [0.4, 0.5) is 4.39 Å². The highest BCUT2D eigenvalue weighted by Gasteiger charge is 2.17. The lowest BCUT2D eigenvalue weighted by Crippen LogP contribution is -2.16. The van der Waals surface area contributed by atoms with E-state index in [-0.39, 0.29) is 10.6 Å². The maximum Gasteiger partial charge on any atom is 0.165 e. The molecule has 78 valence electrons. The quantitative estimate of drug-likeness (QED) is 0.721. The monoisotopic (exact) mass is 218 g/mol. The highest BCUT2D eigenvalue weighted by molar-refractivity contribution is 6.31. The molecule has 1 rings (SSSR count). The van der Waals surface area contributed by atoms with Crippen LogP contribution in [0.1, 0.15) is 18.0 Å². The van der Waals surface area contributed by atoms with Crippen molar-refractivity contribution in [2.45, 2.75) is 12.5 Å². The van der Waals surface area contributed by atoms with Gasteiger partial charge in [-0.25, -0.2) is 4.39 Å². The summed E-state index contributed by atoms with van der Waals surface area (Å²) in [6.45, 7) is 0.355. The Balaban J connectivity index is 3.11. The first-order chi connectivity index (χ1) is 6.57. The topological polar surface area (TPSA) is 72.3 Å². The van der Waals surface area contributed by atoms with E-state index in [1.165, 1.54) is 6.07 Å². The van der Waals surface area contributed by atoms with Crippen molar-refractivity contribution >= 4 is 11.6 Å². The van der Waals surface area contributed by atoms with Crippen LogP contribution in [-0.4, -0.2) is 11.7 Å². The van der Waals surface area contributed by atoms with Crippen LogP contribution in [0, 0.1) is 5.82 Å². The van der Waals surface area contributed by atoms with Crippen LogP contribution in [0.2, 0.25) is 5.02 Å². The van der Waals surface area contributed by atoms with Crippen LogP contribution in [0.25, 0.3) is 0 Å². The summed E-state index contributed by atoms with van der Waals surface area (Å²) in [4.78, 5) is 0. The van der Waals surface area contributed by atoms with E-state index in [0.29, 0.717) is 13.0 Å². The zero-order chi connectivity index (χ0) is 10.7. The van der Waals surface area contributed by atoms with Crippen LogP contribution < -0.4 is 11.5 Å². The van der Waals surface area contributed by atoms with Crippen LogP contribution in [0.5, 0.6) is 5.75 Å². The van der Waals surface area contributed by atoms with Crippen molar-refractivity contribution in [1.29, 1.82) is 0 Å². The Morgan fingerprint density at radius 3 is 2.71 bits per heavy atom. The molecule has 0 heterocycles. The number of phenolic OH excluding ortho intramolecular Hbond substituents is 1. The van der Waals surface area contributed by atoms with Gasteiger partial charge < -0.3 is 16.6 Å². The van der Waals surface area contributed by atoms with Crippen LogP contribution in [-0.2, 0) is 0 Å². The molecule has 0 unspecified atom stereocenters. The summed E-state index contributed by atoms with van der Waals surface area (Å²) < 4.78 is 13.0. The molecule has 1 aromatic rings. The lowest BCUT2D eigenvalue weighted by molar-refractivity contribution is 0.419. The fourth-order valence-electron chi connectivity index (χ4n) is 1.23. The van der Waals surface area contributed by atoms with Crippen molar-refractivity contribution in [3.63, 3.8) is 0 Å². The van der Waals surface area contributed by atoms with E-state index < -0.39 is 17.6 Å². The molecule has 0 aromatic heterocycles. The summed E-state index contributed by atoms with van der Waals surface area (Å²) >= 11 is 5.78. The Bertz CT molecular complexity index is 333. The van der Waals surface area contributed by atoms with Crippen molar-refractivity contribution in [2.75, 3.05) is 6.54 Å². The third-order valence-electron chi connectivity index (χ3n) is 1.96. The predicted octanol–water partition coefficient (Wildman–Crippen LogP) is 1.53. The number of hydrogen-bond donors (Lipinski definition) is 3. The second kappa shape index (κ2) is 4.59. The number of hydrogen-bond acceptors (Lipinski definition) is 3. The third-order valence-corrected chi connectivity index (χ3v) is 2.29. The first-order valence-corrected chi connectivity index (χ1v) is 4.58. The first kappa shape index (κ1) is 11.2. The minimum Gasteiger partial charge on any atom is -0.505 e. The smallest absolute Gasteiger partial charge is 0.165 e. The summed E-state index contributed by atoms with van der Waals surface area (Å²) in [5.41, 5.74) is 11.2. The van der Waals surface area contributed by atoms with E-state index in [4.69, 9.17) is 23.1 Å².